The van der Waals surface area contributed by atoms with Gasteiger partial charge in [-0.05, 0) is 25.0 Å². The topological polar surface area (TPSA) is 119 Å². The van der Waals surface area contributed by atoms with Gasteiger partial charge < -0.3 is 9.84 Å². The molecule has 1 aliphatic rings. The largest absolute Gasteiger partial charge is 0.490 e. The van der Waals surface area contributed by atoms with Gasteiger partial charge >= 0.3 is 5.69 Å². The molecule has 0 spiro atoms. The van der Waals surface area contributed by atoms with Crippen molar-refractivity contribution in [2.45, 2.75) is 17.7 Å². The molecule has 2 rings (SSSR count). The lowest BCUT2D eigenvalue weighted by Gasteiger charge is -2.13. The quantitative estimate of drug-likeness (QED) is 0.563. The van der Waals surface area contributed by atoms with E-state index in [9.17, 15) is 18.5 Å². The molecule has 0 atom stereocenters. The van der Waals surface area contributed by atoms with Crippen molar-refractivity contribution in [2.24, 2.45) is 5.41 Å². The first kappa shape index (κ1) is 15.7. The van der Waals surface area contributed by atoms with E-state index in [0.29, 0.717) is 0 Å². The number of nitro benzene ring substituents is 1. The smallest absolute Gasteiger partial charge is 0.312 e. The zero-order chi connectivity index (χ0) is 15.7. The number of aliphatic hydroxyl groups is 1. The van der Waals surface area contributed by atoms with Crippen molar-refractivity contribution in [3.8, 4) is 5.75 Å². The molecule has 0 unspecified atom stereocenters. The molecule has 0 aliphatic heterocycles. The summed E-state index contributed by atoms with van der Waals surface area (Å²) in [4.78, 5) is 10.0. The number of nitrogens with zero attached hydrogens (tertiary/aromatic N) is 1. The SMILES string of the molecule is COc1ccc(S(=O)(=O)NCC2(CO)CC2)cc1[N+](=O)[O-]. The van der Waals surface area contributed by atoms with Gasteiger partial charge in [-0.2, -0.15) is 0 Å². The van der Waals surface area contributed by atoms with Crippen LogP contribution < -0.4 is 9.46 Å². The summed E-state index contributed by atoms with van der Waals surface area (Å²) in [6.07, 6.45) is 1.52. The Morgan fingerprint density at radius 1 is 1.48 bits per heavy atom. The van der Waals surface area contributed by atoms with Gasteiger partial charge in [0.1, 0.15) is 0 Å². The molecule has 0 bridgehead atoms. The van der Waals surface area contributed by atoms with Crippen molar-refractivity contribution < 1.29 is 23.2 Å². The summed E-state index contributed by atoms with van der Waals surface area (Å²) in [6.45, 7) is 0.0317. The summed E-state index contributed by atoms with van der Waals surface area (Å²) >= 11 is 0. The maximum absolute atomic E-state index is 12.1. The monoisotopic (exact) mass is 316 g/mol. The van der Waals surface area contributed by atoms with Crippen molar-refractivity contribution in [1.29, 1.82) is 0 Å². The Balaban J connectivity index is 2.23. The number of rotatable bonds is 7. The molecule has 1 aromatic carbocycles. The molecule has 21 heavy (non-hydrogen) atoms. The molecule has 1 aromatic rings. The lowest BCUT2D eigenvalue weighted by atomic mass is 10.1. The van der Waals surface area contributed by atoms with Gasteiger partial charge in [-0.3, -0.25) is 10.1 Å². The Labute approximate surface area is 121 Å². The van der Waals surface area contributed by atoms with Crippen LogP contribution in [0.25, 0.3) is 0 Å². The molecule has 0 amide bonds. The molecule has 0 radical (unpaired) electrons. The van der Waals surface area contributed by atoms with E-state index >= 15 is 0 Å². The number of methoxy groups -OCH3 is 1. The van der Waals surface area contributed by atoms with Crippen LogP contribution in [-0.2, 0) is 10.0 Å². The van der Waals surface area contributed by atoms with E-state index in [1.807, 2.05) is 0 Å². The van der Waals surface area contributed by atoms with E-state index in [4.69, 9.17) is 9.84 Å². The number of nitrogens with one attached hydrogen (secondary N) is 1. The van der Waals surface area contributed by atoms with Crippen LogP contribution in [-0.4, -0.2) is 38.7 Å². The van der Waals surface area contributed by atoms with E-state index in [2.05, 4.69) is 4.72 Å². The van der Waals surface area contributed by atoms with Crippen LogP contribution in [0.15, 0.2) is 23.1 Å². The van der Waals surface area contributed by atoms with Gasteiger partial charge in [-0.15, -0.1) is 0 Å². The number of ether oxygens (including phenoxy) is 1. The lowest BCUT2D eigenvalue weighted by Crippen LogP contribution is -2.31. The third-order valence-electron chi connectivity index (χ3n) is 3.59. The minimum Gasteiger partial charge on any atom is -0.490 e. The first-order valence-corrected chi connectivity index (χ1v) is 7.75. The first-order chi connectivity index (χ1) is 9.83. The molecule has 8 nitrogen and oxygen atoms in total. The summed E-state index contributed by atoms with van der Waals surface area (Å²) in [5.74, 6) is -0.00651. The Morgan fingerprint density at radius 2 is 2.14 bits per heavy atom. The third-order valence-corrected chi connectivity index (χ3v) is 4.99. The summed E-state index contributed by atoms with van der Waals surface area (Å²) in [5.41, 5.74) is -0.797. The highest BCUT2D eigenvalue weighted by Crippen LogP contribution is 2.44. The van der Waals surface area contributed by atoms with Gasteiger partial charge in [0.25, 0.3) is 0 Å². The van der Waals surface area contributed by atoms with Crippen LogP contribution >= 0.6 is 0 Å². The fourth-order valence-corrected chi connectivity index (χ4v) is 3.06. The van der Waals surface area contributed by atoms with Crippen molar-refractivity contribution in [1.82, 2.24) is 4.72 Å². The fraction of sp³-hybridized carbons (Fsp3) is 0.500. The first-order valence-electron chi connectivity index (χ1n) is 6.26. The molecule has 9 heteroatoms. The highest BCUT2D eigenvalue weighted by Gasteiger charge is 2.42. The van der Waals surface area contributed by atoms with E-state index in [-0.39, 0.29) is 29.2 Å². The van der Waals surface area contributed by atoms with Gasteiger partial charge in [-0.1, -0.05) is 0 Å². The summed E-state index contributed by atoms with van der Waals surface area (Å²) in [5, 5.41) is 20.1. The number of sulfonamides is 1. The Kier molecular flexibility index (Phi) is 4.17. The minimum atomic E-state index is -3.87. The molecule has 1 fully saturated rings. The number of aliphatic hydroxyl groups excluding tert-OH is 1. The van der Waals surface area contributed by atoms with Crippen LogP contribution in [0.3, 0.4) is 0 Å². The normalized spacial score (nSPS) is 16.5. The third kappa shape index (κ3) is 3.31. The van der Waals surface area contributed by atoms with Crippen molar-refractivity contribution in [3.63, 3.8) is 0 Å². The minimum absolute atomic E-state index is 0.00651. The van der Waals surface area contributed by atoms with Gasteiger partial charge in [0.15, 0.2) is 5.75 Å². The summed E-state index contributed by atoms with van der Waals surface area (Å²) in [6, 6.07) is 3.44. The second-order valence-electron chi connectivity index (χ2n) is 5.07. The zero-order valence-corrected chi connectivity index (χ0v) is 12.2. The molecule has 0 saturated heterocycles. The van der Waals surface area contributed by atoms with E-state index in [0.717, 1.165) is 18.9 Å². The highest BCUT2D eigenvalue weighted by atomic mass is 32.2. The lowest BCUT2D eigenvalue weighted by molar-refractivity contribution is -0.386. The molecule has 1 aliphatic carbocycles. The predicted molar refractivity (Wildman–Crippen MR) is 73.6 cm³/mol. The molecule has 116 valence electrons. The molecular formula is C12H16N2O6S. The number of hydrogen-bond acceptors (Lipinski definition) is 6. The molecule has 1 saturated carbocycles. The molecular weight excluding hydrogens is 300 g/mol. The Hall–Kier alpha value is -1.71. The summed E-state index contributed by atoms with van der Waals surface area (Å²) in [7, 11) is -2.59. The number of nitro groups is 1. The summed E-state index contributed by atoms with van der Waals surface area (Å²) < 4.78 is 31.5. The second kappa shape index (κ2) is 5.58. The van der Waals surface area contributed by atoms with Crippen LogP contribution in [0.2, 0.25) is 0 Å². The van der Waals surface area contributed by atoms with Crippen LogP contribution in [0.5, 0.6) is 5.75 Å². The van der Waals surface area contributed by atoms with Crippen LogP contribution in [0, 0.1) is 15.5 Å². The number of hydrogen-bond donors (Lipinski definition) is 2. The molecule has 2 N–H and O–H groups in total. The van der Waals surface area contributed by atoms with Crippen LogP contribution in [0.1, 0.15) is 12.8 Å². The van der Waals surface area contributed by atoms with E-state index < -0.39 is 20.6 Å². The average Bonchev–Trinajstić information content (AvgIpc) is 3.25. The average molecular weight is 316 g/mol. The standard InChI is InChI=1S/C12H16N2O6S/c1-20-11-3-2-9(6-10(11)14(16)17)21(18,19)13-7-12(8-15)4-5-12/h2-3,6,13,15H,4-5,7-8H2,1H3. The maximum atomic E-state index is 12.1. The second-order valence-corrected chi connectivity index (χ2v) is 6.84. The van der Waals surface area contributed by atoms with E-state index in [1.165, 1.54) is 19.2 Å². The van der Waals surface area contributed by atoms with Crippen molar-refractivity contribution in [3.05, 3.63) is 28.3 Å². The highest BCUT2D eigenvalue weighted by molar-refractivity contribution is 7.89. The van der Waals surface area contributed by atoms with Crippen molar-refractivity contribution >= 4 is 15.7 Å². The zero-order valence-electron chi connectivity index (χ0n) is 11.4. The molecule has 0 aromatic heterocycles. The van der Waals surface area contributed by atoms with Gasteiger partial charge in [-0.25, -0.2) is 13.1 Å². The fourth-order valence-electron chi connectivity index (χ4n) is 1.88. The Bertz CT molecular complexity index is 654. The van der Waals surface area contributed by atoms with Gasteiger partial charge in [0.05, 0.1) is 16.9 Å². The predicted octanol–water partition coefficient (Wildman–Crippen LogP) is 0.654. The Morgan fingerprint density at radius 3 is 2.62 bits per heavy atom. The van der Waals surface area contributed by atoms with E-state index in [1.54, 1.807) is 0 Å². The van der Waals surface area contributed by atoms with Gasteiger partial charge in [0, 0.05) is 24.6 Å². The van der Waals surface area contributed by atoms with Gasteiger partial charge in [0.2, 0.25) is 10.0 Å². The van der Waals surface area contributed by atoms with Crippen molar-refractivity contribution in [2.75, 3.05) is 20.3 Å². The van der Waals surface area contributed by atoms with Crippen LogP contribution in [0.4, 0.5) is 5.69 Å². The maximum Gasteiger partial charge on any atom is 0.312 e. The number of benzene rings is 1. The molecule has 0 heterocycles.